The molecule has 2 aromatic carbocycles. The Balaban J connectivity index is 1.34. The van der Waals surface area contributed by atoms with Crippen molar-refractivity contribution in [2.75, 3.05) is 0 Å². The zero-order valence-corrected chi connectivity index (χ0v) is 23.4. The van der Waals surface area contributed by atoms with E-state index in [1.807, 2.05) is 0 Å². The fourth-order valence-corrected chi connectivity index (χ4v) is 6.10. The van der Waals surface area contributed by atoms with Gasteiger partial charge in [-0.2, -0.15) is 0 Å². The third-order valence-electron chi connectivity index (χ3n) is 8.77. The lowest BCUT2D eigenvalue weighted by Gasteiger charge is -2.30. The van der Waals surface area contributed by atoms with Crippen LogP contribution in [0.25, 0.3) is 11.1 Å². The SMILES string of the molecule is CCCCCCCCCCCCc1ccc(-c2ccc(C3CCC(CC(C)CC)CC3)cc2)cc1. The van der Waals surface area contributed by atoms with Gasteiger partial charge in [0.05, 0.1) is 0 Å². The van der Waals surface area contributed by atoms with Crippen molar-refractivity contribution in [2.24, 2.45) is 11.8 Å². The van der Waals surface area contributed by atoms with E-state index in [1.165, 1.54) is 126 Å². The molecule has 0 N–H and O–H groups in total. The predicted octanol–water partition coefficient (Wildman–Crippen LogP) is 11.5. The Morgan fingerprint density at radius 2 is 1.14 bits per heavy atom. The number of aryl methyl sites for hydroxylation is 1. The highest BCUT2D eigenvalue weighted by Crippen LogP contribution is 2.39. The van der Waals surface area contributed by atoms with Crippen molar-refractivity contribution in [3.63, 3.8) is 0 Å². The lowest BCUT2D eigenvalue weighted by Crippen LogP contribution is -2.15. The number of hydrogen-bond donors (Lipinski definition) is 0. The van der Waals surface area contributed by atoms with Crippen LogP contribution < -0.4 is 0 Å². The molecular formula is C35H54. The number of hydrogen-bond acceptors (Lipinski definition) is 0. The monoisotopic (exact) mass is 474 g/mol. The largest absolute Gasteiger partial charge is 0.0654 e. The molecule has 0 aromatic heterocycles. The molecule has 0 spiro atoms. The standard InChI is InChI=1S/C35H54/c1-4-6-7-8-9-10-11-12-13-14-15-30-16-20-32(21-17-30)34-24-26-35(27-25-34)33-22-18-31(19-23-33)28-29(3)5-2/h16-17,20-21,24-27,29,31,33H,4-15,18-19,22-23,28H2,1-3H3. The van der Waals surface area contributed by atoms with E-state index in [1.54, 1.807) is 5.56 Å². The minimum atomic E-state index is 0.778. The summed E-state index contributed by atoms with van der Waals surface area (Å²) in [6, 6.07) is 18.9. The van der Waals surface area contributed by atoms with Gasteiger partial charge in [0, 0.05) is 0 Å². The highest BCUT2D eigenvalue weighted by molar-refractivity contribution is 5.64. The van der Waals surface area contributed by atoms with Gasteiger partial charge in [-0.3, -0.25) is 0 Å². The van der Waals surface area contributed by atoms with E-state index >= 15 is 0 Å². The van der Waals surface area contributed by atoms with Crippen LogP contribution in [0, 0.1) is 11.8 Å². The quantitative estimate of drug-likeness (QED) is 0.212. The smallest absolute Gasteiger partial charge is 0.0162 e. The third kappa shape index (κ3) is 10.1. The Morgan fingerprint density at radius 3 is 1.69 bits per heavy atom. The molecule has 0 bridgehead atoms. The fraction of sp³-hybridized carbons (Fsp3) is 0.657. The van der Waals surface area contributed by atoms with Gasteiger partial charge < -0.3 is 0 Å². The maximum atomic E-state index is 2.43. The molecule has 1 aliphatic carbocycles. The normalized spacial score (nSPS) is 19.1. The second-order valence-corrected chi connectivity index (χ2v) is 11.7. The predicted molar refractivity (Wildman–Crippen MR) is 156 cm³/mol. The van der Waals surface area contributed by atoms with Crippen LogP contribution in [0.5, 0.6) is 0 Å². The summed E-state index contributed by atoms with van der Waals surface area (Å²) in [4.78, 5) is 0. The second kappa shape index (κ2) is 16.2. The molecule has 1 atom stereocenters. The molecule has 194 valence electrons. The molecule has 0 heterocycles. The van der Waals surface area contributed by atoms with Crippen molar-refractivity contribution in [3.05, 3.63) is 59.7 Å². The molecule has 0 nitrogen and oxygen atoms in total. The molecule has 0 saturated heterocycles. The molecule has 1 fully saturated rings. The number of rotatable bonds is 16. The van der Waals surface area contributed by atoms with Gasteiger partial charge in [-0.1, -0.05) is 134 Å². The van der Waals surface area contributed by atoms with Gasteiger partial charge >= 0.3 is 0 Å². The zero-order chi connectivity index (χ0) is 24.7. The first kappa shape index (κ1) is 28.0. The second-order valence-electron chi connectivity index (χ2n) is 11.7. The van der Waals surface area contributed by atoms with E-state index in [-0.39, 0.29) is 0 Å². The van der Waals surface area contributed by atoms with Gasteiger partial charge in [0.15, 0.2) is 0 Å². The van der Waals surface area contributed by atoms with Crippen molar-refractivity contribution in [1.29, 1.82) is 0 Å². The Labute approximate surface area is 218 Å². The first-order chi connectivity index (χ1) is 17.2. The average Bonchev–Trinajstić information content (AvgIpc) is 2.90. The average molecular weight is 475 g/mol. The fourth-order valence-electron chi connectivity index (χ4n) is 6.10. The molecule has 0 aliphatic heterocycles. The minimum Gasteiger partial charge on any atom is -0.0654 e. The van der Waals surface area contributed by atoms with Crippen LogP contribution in [0.4, 0.5) is 0 Å². The van der Waals surface area contributed by atoms with Gasteiger partial charge in [0.2, 0.25) is 0 Å². The molecule has 2 aromatic rings. The third-order valence-corrected chi connectivity index (χ3v) is 8.77. The lowest BCUT2D eigenvalue weighted by atomic mass is 9.75. The van der Waals surface area contributed by atoms with Gasteiger partial charge in [-0.15, -0.1) is 0 Å². The Kier molecular flexibility index (Phi) is 13.0. The van der Waals surface area contributed by atoms with E-state index in [0.717, 1.165) is 17.8 Å². The molecule has 0 heteroatoms. The summed E-state index contributed by atoms with van der Waals surface area (Å²) in [5, 5.41) is 0. The Morgan fingerprint density at radius 1 is 0.629 bits per heavy atom. The van der Waals surface area contributed by atoms with Crippen molar-refractivity contribution in [1.82, 2.24) is 0 Å². The molecule has 1 unspecified atom stereocenters. The van der Waals surface area contributed by atoms with E-state index in [9.17, 15) is 0 Å². The molecule has 0 amide bonds. The van der Waals surface area contributed by atoms with E-state index in [2.05, 4.69) is 69.3 Å². The summed E-state index contributed by atoms with van der Waals surface area (Å²) in [6.45, 7) is 7.06. The van der Waals surface area contributed by atoms with E-state index in [0.29, 0.717) is 0 Å². The molecule has 0 radical (unpaired) electrons. The summed E-state index contributed by atoms with van der Waals surface area (Å²) >= 11 is 0. The Hall–Kier alpha value is -1.56. The number of unbranched alkanes of at least 4 members (excludes halogenated alkanes) is 9. The van der Waals surface area contributed by atoms with Crippen LogP contribution in [0.2, 0.25) is 0 Å². The maximum absolute atomic E-state index is 2.43. The molecule has 1 saturated carbocycles. The molecule has 35 heavy (non-hydrogen) atoms. The van der Waals surface area contributed by atoms with Crippen LogP contribution in [0.15, 0.2) is 48.5 Å². The van der Waals surface area contributed by atoms with Crippen molar-refractivity contribution >= 4 is 0 Å². The Bertz CT molecular complexity index is 776. The minimum absolute atomic E-state index is 0.778. The van der Waals surface area contributed by atoms with Crippen LogP contribution in [0.1, 0.15) is 141 Å². The summed E-state index contributed by atoms with van der Waals surface area (Å²) in [6.07, 6.45) is 23.7. The first-order valence-corrected chi connectivity index (χ1v) is 15.4. The van der Waals surface area contributed by atoms with Crippen LogP contribution in [-0.2, 0) is 6.42 Å². The lowest BCUT2D eigenvalue weighted by molar-refractivity contribution is 0.273. The molecular weight excluding hydrogens is 420 g/mol. The van der Waals surface area contributed by atoms with E-state index < -0.39 is 0 Å². The summed E-state index contributed by atoms with van der Waals surface area (Å²) in [5.41, 5.74) is 5.79. The van der Waals surface area contributed by atoms with Gasteiger partial charge in [-0.05, 0) is 85.0 Å². The number of benzene rings is 2. The topological polar surface area (TPSA) is 0 Å². The summed E-state index contributed by atoms with van der Waals surface area (Å²) < 4.78 is 0. The molecule has 1 aliphatic rings. The van der Waals surface area contributed by atoms with Gasteiger partial charge in [0.1, 0.15) is 0 Å². The molecule has 3 rings (SSSR count). The summed E-state index contributed by atoms with van der Waals surface area (Å²) in [5.74, 6) is 2.65. The van der Waals surface area contributed by atoms with Crippen LogP contribution >= 0.6 is 0 Å². The zero-order valence-electron chi connectivity index (χ0n) is 23.4. The van der Waals surface area contributed by atoms with Crippen molar-refractivity contribution in [2.45, 2.75) is 136 Å². The van der Waals surface area contributed by atoms with Crippen molar-refractivity contribution < 1.29 is 0 Å². The maximum Gasteiger partial charge on any atom is -0.0162 e. The van der Waals surface area contributed by atoms with E-state index in [4.69, 9.17) is 0 Å². The van der Waals surface area contributed by atoms with Gasteiger partial charge in [0.25, 0.3) is 0 Å². The van der Waals surface area contributed by atoms with Crippen LogP contribution in [-0.4, -0.2) is 0 Å². The summed E-state index contributed by atoms with van der Waals surface area (Å²) in [7, 11) is 0. The van der Waals surface area contributed by atoms with Crippen molar-refractivity contribution in [3.8, 4) is 11.1 Å². The first-order valence-electron chi connectivity index (χ1n) is 15.4. The highest BCUT2D eigenvalue weighted by Gasteiger charge is 2.23. The van der Waals surface area contributed by atoms with Gasteiger partial charge in [-0.25, -0.2) is 0 Å². The van der Waals surface area contributed by atoms with Crippen LogP contribution in [0.3, 0.4) is 0 Å². The highest BCUT2D eigenvalue weighted by atomic mass is 14.3.